The predicted octanol–water partition coefficient (Wildman–Crippen LogP) is 4.43. The number of Topliss-reactive ketones (excluding diaryl/α,β-unsaturated/α-hetero) is 1. The van der Waals surface area contributed by atoms with E-state index in [2.05, 4.69) is 4.90 Å². The normalized spacial score (nSPS) is 18.8. The summed E-state index contributed by atoms with van der Waals surface area (Å²) in [5.74, 6) is -0.889. The summed E-state index contributed by atoms with van der Waals surface area (Å²) in [5.41, 5.74) is 2.76. The number of morpholine rings is 1. The summed E-state index contributed by atoms with van der Waals surface area (Å²) in [7, 11) is 1.43. The lowest BCUT2D eigenvalue weighted by Gasteiger charge is -2.29. The van der Waals surface area contributed by atoms with Crippen molar-refractivity contribution in [2.45, 2.75) is 26.0 Å². The number of carbonyl (C=O) groups excluding carboxylic acids is 2. The highest BCUT2D eigenvalue weighted by Gasteiger charge is 2.46. The molecule has 1 atom stereocenters. The van der Waals surface area contributed by atoms with Crippen LogP contribution in [-0.2, 0) is 20.9 Å². The Morgan fingerprint density at radius 1 is 0.976 bits per heavy atom. The minimum atomic E-state index is -0.849. The molecular weight excluding hydrogens is 536 g/mol. The summed E-state index contributed by atoms with van der Waals surface area (Å²) < 4.78 is 16.7. The van der Waals surface area contributed by atoms with Gasteiger partial charge in [0.05, 0.1) is 31.9 Å². The molecule has 3 aromatic rings. The van der Waals surface area contributed by atoms with Gasteiger partial charge in [0.15, 0.2) is 11.5 Å². The maximum absolute atomic E-state index is 13.5. The number of phenolic OH excluding ortho intramolecular Hbond substituents is 1. The Morgan fingerprint density at radius 2 is 1.74 bits per heavy atom. The van der Waals surface area contributed by atoms with Gasteiger partial charge in [0.2, 0.25) is 0 Å². The van der Waals surface area contributed by atoms with E-state index in [4.69, 9.17) is 14.2 Å². The zero-order valence-corrected chi connectivity index (χ0v) is 23.9. The molecule has 2 aliphatic heterocycles. The molecule has 2 N–H and O–H groups in total. The Balaban J connectivity index is 1.45. The lowest BCUT2D eigenvalue weighted by Crippen LogP contribution is -2.38. The van der Waals surface area contributed by atoms with Gasteiger partial charge in [-0.1, -0.05) is 36.4 Å². The lowest BCUT2D eigenvalue weighted by molar-refractivity contribution is -0.140. The van der Waals surface area contributed by atoms with Gasteiger partial charge in [-0.3, -0.25) is 14.5 Å². The molecule has 42 heavy (non-hydrogen) atoms. The summed E-state index contributed by atoms with van der Waals surface area (Å²) in [5, 5.41) is 21.7. The molecule has 0 saturated carbocycles. The molecule has 2 heterocycles. The van der Waals surface area contributed by atoms with Crippen LogP contribution in [0.2, 0.25) is 0 Å². The fraction of sp³-hybridized carbons (Fsp3) is 0.333. The van der Waals surface area contributed by atoms with Crippen molar-refractivity contribution in [3.63, 3.8) is 0 Å². The van der Waals surface area contributed by atoms with E-state index in [9.17, 15) is 19.8 Å². The number of hydrogen-bond acceptors (Lipinski definition) is 8. The number of ether oxygens (including phenoxy) is 3. The minimum absolute atomic E-state index is 0.00327. The van der Waals surface area contributed by atoms with Crippen molar-refractivity contribution in [3.8, 4) is 17.2 Å². The predicted molar refractivity (Wildman–Crippen MR) is 157 cm³/mol. The Morgan fingerprint density at radius 3 is 2.45 bits per heavy atom. The molecule has 0 aromatic heterocycles. The number of benzene rings is 3. The number of ketones is 1. The summed E-state index contributed by atoms with van der Waals surface area (Å²) in [6, 6.07) is 18.8. The summed E-state index contributed by atoms with van der Waals surface area (Å²) in [6.07, 6.45) is 0.644. The van der Waals surface area contributed by atoms with Crippen LogP contribution >= 0.6 is 0 Å². The minimum Gasteiger partial charge on any atom is -0.507 e. The molecular formula is C33H36N2O7. The molecule has 9 nitrogen and oxygen atoms in total. The van der Waals surface area contributed by atoms with Crippen molar-refractivity contribution in [3.05, 3.63) is 94.6 Å². The van der Waals surface area contributed by atoms with Gasteiger partial charge in [0.1, 0.15) is 18.1 Å². The average molecular weight is 573 g/mol. The van der Waals surface area contributed by atoms with Crippen molar-refractivity contribution >= 4 is 17.4 Å². The van der Waals surface area contributed by atoms with Gasteiger partial charge in [0, 0.05) is 31.7 Å². The number of hydrogen-bond donors (Lipinski definition) is 2. The number of aryl methyl sites for hydroxylation is 1. The Bertz CT molecular complexity index is 1460. The van der Waals surface area contributed by atoms with E-state index in [1.165, 1.54) is 18.1 Å². The molecule has 2 saturated heterocycles. The molecule has 0 radical (unpaired) electrons. The van der Waals surface area contributed by atoms with E-state index in [-0.39, 0.29) is 22.8 Å². The number of amides is 1. The number of aliphatic hydroxyl groups is 1. The Kier molecular flexibility index (Phi) is 9.09. The van der Waals surface area contributed by atoms with Crippen LogP contribution in [0.25, 0.3) is 5.76 Å². The van der Waals surface area contributed by atoms with Crippen molar-refractivity contribution in [1.82, 2.24) is 9.80 Å². The number of likely N-dealkylation sites (tertiary alicyclic amines) is 1. The molecule has 2 aliphatic rings. The van der Waals surface area contributed by atoms with Crippen LogP contribution in [0.1, 0.15) is 34.7 Å². The first kappa shape index (κ1) is 29.2. The van der Waals surface area contributed by atoms with Crippen LogP contribution < -0.4 is 9.47 Å². The smallest absolute Gasteiger partial charge is 0.295 e. The number of phenols is 1. The number of rotatable bonds is 10. The quantitative estimate of drug-likeness (QED) is 0.209. The third kappa shape index (κ3) is 6.27. The first-order chi connectivity index (χ1) is 20.4. The van der Waals surface area contributed by atoms with Crippen LogP contribution in [-0.4, -0.2) is 78.2 Å². The van der Waals surface area contributed by atoms with Crippen LogP contribution in [0.4, 0.5) is 0 Å². The largest absolute Gasteiger partial charge is 0.507 e. The molecule has 3 aromatic carbocycles. The molecule has 220 valence electrons. The van der Waals surface area contributed by atoms with E-state index in [0.29, 0.717) is 49.7 Å². The zero-order chi connectivity index (χ0) is 29.6. The van der Waals surface area contributed by atoms with E-state index in [0.717, 1.165) is 30.8 Å². The topological polar surface area (TPSA) is 109 Å². The highest BCUT2D eigenvalue weighted by Crippen LogP contribution is 2.42. The van der Waals surface area contributed by atoms with Gasteiger partial charge in [-0.25, -0.2) is 0 Å². The highest BCUT2D eigenvalue weighted by atomic mass is 16.5. The molecule has 1 amide bonds. The maximum Gasteiger partial charge on any atom is 0.295 e. The summed E-state index contributed by atoms with van der Waals surface area (Å²) in [4.78, 5) is 30.6. The number of methoxy groups -OCH3 is 1. The zero-order valence-electron chi connectivity index (χ0n) is 23.9. The molecule has 0 aliphatic carbocycles. The summed E-state index contributed by atoms with van der Waals surface area (Å²) in [6.45, 7) is 6.32. The van der Waals surface area contributed by atoms with E-state index in [1.54, 1.807) is 30.3 Å². The van der Waals surface area contributed by atoms with Crippen LogP contribution in [0.5, 0.6) is 17.2 Å². The third-order valence-corrected chi connectivity index (χ3v) is 7.72. The Labute approximate surface area is 245 Å². The SMILES string of the molecule is COc1cc([C@H]2/C(=C(\O)c3ccc(OCc4ccccc4)c(C)c3)C(=O)C(=O)N2CCCN2CCOCC2)ccc1O. The highest BCUT2D eigenvalue weighted by molar-refractivity contribution is 6.46. The Hall–Kier alpha value is -4.34. The number of carbonyl (C=O) groups is 2. The van der Waals surface area contributed by atoms with E-state index < -0.39 is 17.7 Å². The molecule has 9 heteroatoms. The first-order valence-electron chi connectivity index (χ1n) is 14.1. The van der Waals surface area contributed by atoms with Gasteiger partial charge in [-0.05, 0) is 60.4 Å². The fourth-order valence-electron chi connectivity index (χ4n) is 5.46. The second-order valence-corrected chi connectivity index (χ2v) is 10.5. The molecule has 2 fully saturated rings. The fourth-order valence-corrected chi connectivity index (χ4v) is 5.46. The third-order valence-electron chi connectivity index (χ3n) is 7.72. The van der Waals surface area contributed by atoms with E-state index >= 15 is 0 Å². The van der Waals surface area contributed by atoms with E-state index in [1.807, 2.05) is 37.3 Å². The standard InChI is InChI=1S/C33H36N2O7/c1-22-19-25(10-12-27(22)42-21-23-7-4-3-5-8-23)31(37)29-30(24-9-11-26(36)28(20-24)40-2)35(33(39)32(29)38)14-6-13-34-15-17-41-18-16-34/h3-5,7-12,19-20,30,36-37H,6,13-18,21H2,1-2H3/b31-29+/t30-/m0/s1. The van der Waals surface area contributed by atoms with Crippen molar-refractivity contribution in [1.29, 1.82) is 0 Å². The molecule has 0 spiro atoms. The van der Waals surface area contributed by atoms with Gasteiger partial charge in [-0.15, -0.1) is 0 Å². The first-order valence-corrected chi connectivity index (χ1v) is 14.1. The lowest BCUT2D eigenvalue weighted by atomic mass is 9.94. The number of aromatic hydroxyl groups is 1. The second kappa shape index (κ2) is 13.1. The van der Waals surface area contributed by atoms with Crippen molar-refractivity contribution in [2.24, 2.45) is 0 Å². The molecule has 0 bridgehead atoms. The second-order valence-electron chi connectivity index (χ2n) is 10.5. The number of nitrogens with zero attached hydrogens (tertiary/aromatic N) is 2. The molecule has 5 rings (SSSR count). The van der Waals surface area contributed by atoms with Gasteiger partial charge < -0.3 is 29.3 Å². The van der Waals surface area contributed by atoms with Gasteiger partial charge in [-0.2, -0.15) is 0 Å². The van der Waals surface area contributed by atoms with Crippen LogP contribution in [0, 0.1) is 6.92 Å². The van der Waals surface area contributed by atoms with Crippen molar-refractivity contribution in [2.75, 3.05) is 46.5 Å². The van der Waals surface area contributed by atoms with Gasteiger partial charge in [0.25, 0.3) is 11.7 Å². The molecule has 0 unspecified atom stereocenters. The van der Waals surface area contributed by atoms with Crippen LogP contribution in [0.15, 0.2) is 72.3 Å². The average Bonchev–Trinajstić information content (AvgIpc) is 3.26. The number of aliphatic hydroxyl groups excluding tert-OH is 1. The maximum atomic E-state index is 13.5. The van der Waals surface area contributed by atoms with Crippen LogP contribution in [0.3, 0.4) is 0 Å². The van der Waals surface area contributed by atoms with Gasteiger partial charge >= 0.3 is 0 Å². The van der Waals surface area contributed by atoms with Crippen molar-refractivity contribution < 1.29 is 34.0 Å². The summed E-state index contributed by atoms with van der Waals surface area (Å²) >= 11 is 0. The monoisotopic (exact) mass is 572 g/mol.